The maximum absolute atomic E-state index is 14.9. The Morgan fingerprint density at radius 1 is 1.05 bits per heavy atom. The minimum atomic E-state index is -4.01. The summed E-state index contributed by atoms with van der Waals surface area (Å²) in [4.78, 5) is 58.2. The number of carbonyl (C=O) groups is 4. The summed E-state index contributed by atoms with van der Waals surface area (Å²) in [6.07, 6.45) is 6.02. The van der Waals surface area contributed by atoms with Gasteiger partial charge in [-0.3, -0.25) is 19.1 Å². The Morgan fingerprint density at radius 2 is 1.73 bits per heavy atom. The average Bonchev–Trinajstić information content (AvgIpc) is 4.01. The molecule has 4 aliphatic rings. The van der Waals surface area contributed by atoms with Crippen molar-refractivity contribution in [2.75, 3.05) is 13.2 Å². The van der Waals surface area contributed by atoms with Crippen LogP contribution in [0.25, 0.3) is 10.8 Å². The average molecular weight is 797 g/mol. The summed E-state index contributed by atoms with van der Waals surface area (Å²) < 4.78 is 45.4. The van der Waals surface area contributed by atoms with Crippen LogP contribution < -0.4 is 24.8 Å². The predicted octanol–water partition coefficient (Wildman–Crippen LogP) is 4.55. The Morgan fingerprint density at radius 3 is 2.38 bits per heavy atom. The molecule has 1 aromatic heterocycles. The van der Waals surface area contributed by atoms with Gasteiger partial charge >= 0.3 is 6.09 Å². The monoisotopic (exact) mass is 796 g/mol. The van der Waals surface area contributed by atoms with Gasteiger partial charge in [0, 0.05) is 12.3 Å². The normalized spacial score (nSPS) is 29.7. The van der Waals surface area contributed by atoms with Gasteiger partial charge < -0.3 is 29.7 Å². The number of nitrogens with one attached hydrogen (secondary N) is 3. The van der Waals surface area contributed by atoms with Gasteiger partial charge in [-0.2, -0.15) is 0 Å². The number of carbonyl (C=O) groups excluding carboxylic acids is 4. The van der Waals surface area contributed by atoms with Gasteiger partial charge in [-0.15, -0.1) is 10.2 Å². The first-order chi connectivity index (χ1) is 26.4. The SMILES string of the molecule is CCOc1nnc(O[C@@H]2C[C@H]3C(=O)N[C@]4(C(=O)NS(=O)(=O)C5(C)CC5)C[C@H]4/C=C\CC[C@H](C)C[C@@H](CC)[C@H](NC(=O)OC(C)(C)C)C(=O)N3C2)c2ccccc12. The Hall–Kier alpha value is -4.47. The molecular formula is C40H56N6O9S. The van der Waals surface area contributed by atoms with Crippen LogP contribution in [0, 0.1) is 17.8 Å². The van der Waals surface area contributed by atoms with Crippen LogP contribution in [0.2, 0.25) is 0 Å². The maximum atomic E-state index is 14.9. The van der Waals surface area contributed by atoms with E-state index in [1.165, 1.54) is 4.90 Å². The van der Waals surface area contributed by atoms with Crippen molar-refractivity contribution in [3.63, 3.8) is 0 Å². The molecule has 15 nitrogen and oxygen atoms in total. The van der Waals surface area contributed by atoms with Crippen LogP contribution in [-0.4, -0.2) is 94.6 Å². The van der Waals surface area contributed by atoms with E-state index in [2.05, 4.69) is 32.5 Å². The molecule has 0 bridgehead atoms. The molecule has 1 aromatic carbocycles. The van der Waals surface area contributed by atoms with Gasteiger partial charge in [0.05, 0.1) is 28.7 Å². The van der Waals surface area contributed by atoms with E-state index in [1.54, 1.807) is 27.7 Å². The van der Waals surface area contributed by atoms with Crippen LogP contribution in [-0.2, 0) is 29.1 Å². The number of ether oxygens (including phenoxy) is 3. The van der Waals surface area contributed by atoms with E-state index in [1.807, 2.05) is 50.3 Å². The summed E-state index contributed by atoms with van der Waals surface area (Å²) in [6, 6.07) is 5.14. The molecule has 3 heterocycles. The molecule has 2 saturated carbocycles. The summed E-state index contributed by atoms with van der Waals surface area (Å²) in [6.45, 7) is 13.0. The molecule has 3 fully saturated rings. The maximum Gasteiger partial charge on any atom is 0.408 e. The third-order valence-electron chi connectivity index (χ3n) is 11.5. The number of amides is 4. The second-order valence-electron chi connectivity index (χ2n) is 17.1. The number of sulfonamides is 1. The summed E-state index contributed by atoms with van der Waals surface area (Å²) in [5.41, 5.74) is -2.37. The van der Waals surface area contributed by atoms with Gasteiger partial charge in [0.15, 0.2) is 0 Å². The highest BCUT2D eigenvalue weighted by Crippen LogP contribution is 2.47. The van der Waals surface area contributed by atoms with Crippen LogP contribution in [0.3, 0.4) is 0 Å². The quantitative estimate of drug-likeness (QED) is 0.302. The van der Waals surface area contributed by atoms with Crippen molar-refractivity contribution in [1.82, 2.24) is 30.5 Å². The molecule has 1 saturated heterocycles. The van der Waals surface area contributed by atoms with Gasteiger partial charge in [0.1, 0.15) is 29.3 Å². The summed E-state index contributed by atoms with van der Waals surface area (Å²) in [5, 5.41) is 15.6. The standard InChI is InChI=1S/C40H56N6O9S/c1-8-25-20-24(3)14-10-11-15-26-22-40(26,36(49)45-56(51,52)39(7)18-19-39)42-32(47)30-21-27(23-46(30)35(48)31(25)41-37(50)55-38(4,5)6)54-34-29-17-13-12-16-28(29)33(43-44-34)53-9-2/h11-13,15-17,24-27,30-31H,8-10,14,18-23H2,1-7H3,(H,41,50)(H,42,47)(H,45,49)/b15-11-/t24-,25+,26+,27+,30-,31-,40+/m0/s1. The number of fused-ring (bicyclic) bond motifs is 3. The van der Waals surface area contributed by atoms with E-state index < -0.39 is 73.8 Å². The van der Waals surface area contributed by atoms with E-state index >= 15 is 0 Å². The number of hydrogen-bond acceptors (Lipinski definition) is 11. The number of nitrogens with zero attached hydrogens (tertiary/aromatic N) is 3. The fourth-order valence-corrected chi connectivity index (χ4v) is 9.10. The van der Waals surface area contributed by atoms with Crippen LogP contribution in [0.5, 0.6) is 11.8 Å². The Balaban J connectivity index is 1.37. The fourth-order valence-electron chi connectivity index (χ4n) is 7.79. The fraction of sp³-hybridized carbons (Fsp3) is 0.650. The second kappa shape index (κ2) is 15.8. The largest absolute Gasteiger partial charge is 0.476 e. The molecule has 2 aromatic rings. The lowest BCUT2D eigenvalue weighted by molar-refractivity contribution is -0.142. The molecule has 56 heavy (non-hydrogen) atoms. The van der Waals surface area contributed by atoms with Crippen LogP contribution in [0.1, 0.15) is 99.8 Å². The van der Waals surface area contributed by atoms with Crippen LogP contribution >= 0.6 is 0 Å². The zero-order chi connectivity index (χ0) is 40.6. The number of aromatic nitrogens is 2. The Bertz CT molecular complexity index is 1980. The molecule has 2 aliphatic carbocycles. The minimum Gasteiger partial charge on any atom is -0.476 e. The van der Waals surface area contributed by atoms with Crippen molar-refractivity contribution in [3.05, 3.63) is 36.4 Å². The molecule has 7 atom stereocenters. The minimum absolute atomic E-state index is 0.0156. The molecule has 0 unspecified atom stereocenters. The molecule has 4 amide bonds. The van der Waals surface area contributed by atoms with Crippen molar-refractivity contribution in [3.8, 4) is 11.8 Å². The lowest BCUT2D eigenvalue weighted by Gasteiger charge is -2.34. The lowest BCUT2D eigenvalue weighted by atomic mass is 9.85. The highest BCUT2D eigenvalue weighted by atomic mass is 32.2. The highest BCUT2D eigenvalue weighted by molar-refractivity contribution is 7.91. The van der Waals surface area contributed by atoms with Crippen molar-refractivity contribution < 1.29 is 41.8 Å². The molecule has 0 spiro atoms. The summed E-state index contributed by atoms with van der Waals surface area (Å²) >= 11 is 0. The van der Waals surface area contributed by atoms with E-state index in [0.29, 0.717) is 55.4 Å². The number of alkyl carbamates (subject to hydrolysis) is 1. The summed E-state index contributed by atoms with van der Waals surface area (Å²) in [5.74, 6) is -2.01. The first-order valence-electron chi connectivity index (χ1n) is 19.8. The number of benzene rings is 1. The molecule has 3 N–H and O–H groups in total. The Kier molecular flexibility index (Phi) is 11.6. The van der Waals surface area contributed by atoms with Gasteiger partial charge in [-0.1, -0.05) is 44.6 Å². The van der Waals surface area contributed by atoms with E-state index in [0.717, 1.165) is 6.42 Å². The summed E-state index contributed by atoms with van der Waals surface area (Å²) in [7, 11) is -4.01. The van der Waals surface area contributed by atoms with Gasteiger partial charge in [0.2, 0.25) is 33.6 Å². The second-order valence-corrected chi connectivity index (χ2v) is 19.3. The van der Waals surface area contributed by atoms with Gasteiger partial charge in [0.25, 0.3) is 5.91 Å². The van der Waals surface area contributed by atoms with Crippen LogP contribution in [0.15, 0.2) is 36.4 Å². The molecule has 0 radical (unpaired) electrons. The Labute approximate surface area is 329 Å². The van der Waals surface area contributed by atoms with Crippen LogP contribution in [0.4, 0.5) is 4.79 Å². The van der Waals surface area contributed by atoms with E-state index in [4.69, 9.17) is 14.2 Å². The molecule has 6 rings (SSSR count). The van der Waals surface area contributed by atoms with Gasteiger partial charge in [-0.25, -0.2) is 13.2 Å². The van der Waals surface area contributed by atoms with E-state index in [-0.39, 0.29) is 37.1 Å². The first-order valence-corrected chi connectivity index (χ1v) is 21.3. The highest BCUT2D eigenvalue weighted by Gasteiger charge is 2.63. The lowest BCUT2D eigenvalue weighted by Crippen LogP contribution is -2.59. The number of rotatable bonds is 9. The van der Waals surface area contributed by atoms with Crippen molar-refractivity contribution in [2.24, 2.45) is 17.8 Å². The zero-order valence-corrected chi connectivity index (χ0v) is 34.2. The van der Waals surface area contributed by atoms with Crippen molar-refractivity contribution in [2.45, 2.75) is 134 Å². The third-order valence-corrected chi connectivity index (χ3v) is 13.6. The molecular weight excluding hydrogens is 741 g/mol. The number of allylic oxidation sites excluding steroid dienone is 1. The molecule has 306 valence electrons. The topological polar surface area (TPSA) is 195 Å². The van der Waals surface area contributed by atoms with Crippen molar-refractivity contribution in [1.29, 1.82) is 0 Å². The molecule has 2 aliphatic heterocycles. The smallest absolute Gasteiger partial charge is 0.408 e. The predicted molar refractivity (Wildman–Crippen MR) is 208 cm³/mol. The van der Waals surface area contributed by atoms with Crippen molar-refractivity contribution >= 4 is 44.6 Å². The third kappa shape index (κ3) is 8.74. The van der Waals surface area contributed by atoms with Gasteiger partial charge in [-0.05, 0) is 97.1 Å². The first kappa shape index (κ1) is 41.2. The van der Waals surface area contributed by atoms with E-state index in [9.17, 15) is 27.6 Å². The zero-order valence-electron chi connectivity index (χ0n) is 33.4. The number of hydrogen-bond donors (Lipinski definition) is 3. The molecule has 16 heteroatoms.